The highest BCUT2D eigenvalue weighted by Gasteiger charge is 2.05. The molecule has 2 heteroatoms. The number of nitrogens with one attached hydrogen (secondary N) is 1. The Morgan fingerprint density at radius 1 is 0.810 bits per heavy atom. The van der Waals surface area contributed by atoms with Gasteiger partial charge in [-0.3, -0.25) is 4.99 Å². The molecule has 100 valence electrons. The first-order valence-corrected chi connectivity index (χ1v) is 7.00. The molecule has 0 saturated carbocycles. The predicted molar refractivity (Wildman–Crippen MR) is 89.5 cm³/mol. The molecule has 3 aromatic carbocycles. The van der Waals surface area contributed by atoms with Gasteiger partial charge in [0, 0.05) is 28.9 Å². The number of para-hydroxylation sites is 1. The first kappa shape index (κ1) is 11.9. The van der Waals surface area contributed by atoms with Crippen molar-refractivity contribution >= 4 is 33.6 Å². The highest BCUT2D eigenvalue weighted by Crippen LogP contribution is 2.27. The third-order valence-corrected chi connectivity index (χ3v) is 3.71. The minimum atomic E-state index is 0.965. The van der Waals surface area contributed by atoms with E-state index < -0.39 is 0 Å². The van der Waals surface area contributed by atoms with Gasteiger partial charge < -0.3 is 4.98 Å². The molecule has 0 atom stereocenters. The number of aromatic nitrogens is 1. The number of hydrogen-bond donors (Lipinski definition) is 1. The Balaban J connectivity index is 1.89. The van der Waals surface area contributed by atoms with E-state index >= 15 is 0 Å². The van der Waals surface area contributed by atoms with Crippen molar-refractivity contribution in [2.24, 2.45) is 4.99 Å². The van der Waals surface area contributed by atoms with Crippen LogP contribution in [0.3, 0.4) is 0 Å². The van der Waals surface area contributed by atoms with Crippen LogP contribution in [-0.2, 0) is 0 Å². The van der Waals surface area contributed by atoms with Crippen molar-refractivity contribution < 1.29 is 0 Å². The minimum Gasteiger partial charge on any atom is -0.360 e. The van der Waals surface area contributed by atoms with Gasteiger partial charge in [0.25, 0.3) is 0 Å². The summed E-state index contributed by atoms with van der Waals surface area (Å²) in [5, 5.41) is 3.73. The maximum absolute atomic E-state index is 4.56. The summed E-state index contributed by atoms with van der Waals surface area (Å²) in [4.78, 5) is 7.89. The highest BCUT2D eigenvalue weighted by atomic mass is 14.7. The molecule has 0 saturated heterocycles. The average Bonchev–Trinajstić information content (AvgIpc) is 2.97. The summed E-state index contributed by atoms with van der Waals surface area (Å²) in [6.07, 6.45) is 3.95. The predicted octanol–water partition coefficient (Wildman–Crippen LogP) is 5.07. The van der Waals surface area contributed by atoms with Crippen molar-refractivity contribution in [2.45, 2.75) is 0 Å². The zero-order valence-electron chi connectivity index (χ0n) is 11.5. The minimum absolute atomic E-state index is 0.965. The molecule has 4 aromatic rings. The lowest BCUT2D eigenvalue weighted by Gasteiger charge is -2.00. The van der Waals surface area contributed by atoms with Crippen molar-refractivity contribution in [3.05, 3.63) is 78.5 Å². The van der Waals surface area contributed by atoms with E-state index in [1.165, 1.54) is 16.2 Å². The molecule has 0 amide bonds. The Kier molecular flexibility index (Phi) is 2.79. The van der Waals surface area contributed by atoms with Gasteiger partial charge in [-0.2, -0.15) is 0 Å². The molecule has 21 heavy (non-hydrogen) atoms. The van der Waals surface area contributed by atoms with E-state index in [0.29, 0.717) is 0 Å². The summed E-state index contributed by atoms with van der Waals surface area (Å²) < 4.78 is 0. The molecule has 1 aromatic heterocycles. The lowest BCUT2D eigenvalue weighted by molar-refractivity contribution is 1.47. The standard InChI is InChI=1S/C19H14N2/c1-2-7-16(8-3-1)20-12-15-13-21-18-11-10-14-6-4-5-9-17(14)19(15)18/h1-13,21H. The monoisotopic (exact) mass is 270 g/mol. The van der Waals surface area contributed by atoms with E-state index in [2.05, 4.69) is 46.4 Å². The third-order valence-electron chi connectivity index (χ3n) is 3.71. The molecule has 0 fully saturated rings. The van der Waals surface area contributed by atoms with E-state index in [4.69, 9.17) is 0 Å². The lowest BCUT2D eigenvalue weighted by atomic mass is 10.0. The second-order valence-corrected chi connectivity index (χ2v) is 5.05. The van der Waals surface area contributed by atoms with Gasteiger partial charge in [0.1, 0.15) is 0 Å². The molecule has 2 nitrogen and oxygen atoms in total. The number of aromatic amines is 1. The Labute approximate surface area is 122 Å². The number of hydrogen-bond acceptors (Lipinski definition) is 1. The highest BCUT2D eigenvalue weighted by molar-refractivity contribution is 6.14. The summed E-state index contributed by atoms with van der Waals surface area (Å²) in [5.41, 5.74) is 3.22. The number of fused-ring (bicyclic) bond motifs is 3. The van der Waals surface area contributed by atoms with E-state index in [1.807, 2.05) is 42.7 Å². The Bertz CT molecular complexity index is 934. The normalized spacial score (nSPS) is 11.6. The number of benzene rings is 3. The molecule has 4 rings (SSSR count). The molecule has 0 aliphatic carbocycles. The third kappa shape index (κ3) is 2.11. The van der Waals surface area contributed by atoms with Crippen LogP contribution < -0.4 is 0 Å². The van der Waals surface area contributed by atoms with Gasteiger partial charge >= 0.3 is 0 Å². The molecule has 0 unspecified atom stereocenters. The first-order chi connectivity index (χ1) is 10.4. The molecule has 0 bridgehead atoms. The van der Waals surface area contributed by atoms with Gasteiger partial charge in [0.2, 0.25) is 0 Å². The van der Waals surface area contributed by atoms with E-state index in [-0.39, 0.29) is 0 Å². The topological polar surface area (TPSA) is 28.1 Å². The van der Waals surface area contributed by atoms with Gasteiger partial charge in [0.05, 0.1) is 5.69 Å². The van der Waals surface area contributed by atoms with Crippen LogP contribution in [0.4, 0.5) is 5.69 Å². The number of rotatable bonds is 2. The Morgan fingerprint density at radius 2 is 1.62 bits per heavy atom. The van der Waals surface area contributed by atoms with Crippen molar-refractivity contribution in [3.63, 3.8) is 0 Å². The quantitative estimate of drug-likeness (QED) is 0.492. The van der Waals surface area contributed by atoms with Crippen LogP contribution >= 0.6 is 0 Å². The summed E-state index contributed by atoms with van der Waals surface area (Å²) in [7, 11) is 0. The molecule has 0 aliphatic rings. The summed E-state index contributed by atoms with van der Waals surface area (Å²) in [6, 6.07) is 22.7. The van der Waals surface area contributed by atoms with Gasteiger partial charge in [-0.1, -0.05) is 48.5 Å². The first-order valence-electron chi connectivity index (χ1n) is 7.00. The van der Waals surface area contributed by atoms with E-state index in [0.717, 1.165) is 16.8 Å². The molecular weight excluding hydrogens is 256 g/mol. The fourth-order valence-electron chi connectivity index (χ4n) is 2.69. The number of aliphatic imine (C=N–C) groups is 1. The van der Waals surface area contributed by atoms with Crippen LogP contribution in [0.25, 0.3) is 21.7 Å². The molecule has 0 aliphatic heterocycles. The zero-order chi connectivity index (χ0) is 14.1. The van der Waals surface area contributed by atoms with Crippen molar-refractivity contribution in [1.29, 1.82) is 0 Å². The molecule has 0 spiro atoms. The van der Waals surface area contributed by atoms with Crippen LogP contribution in [0.1, 0.15) is 5.56 Å². The van der Waals surface area contributed by atoms with Crippen LogP contribution in [0.2, 0.25) is 0 Å². The van der Waals surface area contributed by atoms with E-state index in [9.17, 15) is 0 Å². The van der Waals surface area contributed by atoms with Crippen molar-refractivity contribution in [3.8, 4) is 0 Å². The lowest BCUT2D eigenvalue weighted by Crippen LogP contribution is -1.80. The number of nitrogens with zero attached hydrogens (tertiary/aromatic N) is 1. The fourth-order valence-corrected chi connectivity index (χ4v) is 2.69. The van der Waals surface area contributed by atoms with Crippen LogP contribution in [-0.4, -0.2) is 11.2 Å². The molecular formula is C19H14N2. The van der Waals surface area contributed by atoms with Crippen molar-refractivity contribution in [1.82, 2.24) is 4.98 Å². The maximum Gasteiger partial charge on any atom is 0.0629 e. The van der Waals surface area contributed by atoms with Crippen LogP contribution in [0, 0.1) is 0 Å². The largest absolute Gasteiger partial charge is 0.360 e. The summed E-state index contributed by atoms with van der Waals surface area (Å²) in [5.74, 6) is 0. The van der Waals surface area contributed by atoms with E-state index in [1.54, 1.807) is 0 Å². The Hall–Kier alpha value is -2.87. The maximum atomic E-state index is 4.56. The fraction of sp³-hybridized carbons (Fsp3) is 0. The Morgan fingerprint density at radius 3 is 2.52 bits per heavy atom. The second kappa shape index (κ2) is 4.91. The number of H-pyrrole nitrogens is 1. The molecule has 0 radical (unpaired) electrons. The smallest absolute Gasteiger partial charge is 0.0629 e. The van der Waals surface area contributed by atoms with Crippen LogP contribution in [0.5, 0.6) is 0 Å². The molecule has 1 heterocycles. The van der Waals surface area contributed by atoms with Crippen molar-refractivity contribution in [2.75, 3.05) is 0 Å². The van der Waals surface area contributed by atoms with Crippen LogP contribution in [0.15, 0.2) is 77.9 Å². The van der Waals surface area contributed by atoms with Gasteiger partial charge in [-0.25, -0.2) is 0 Å². The second-order valence-electron chi connectivity index (χ2n) is 5.05. The van der Waals surface area contributed by atoms with Gasteiger partial charge in [-0.15, -0.1) is 0 Å². The van der Waals surface area contributed by atoms with Gasteiger partial charge in [0.15, 0.2) is 0 Å². The average molecular weight is 270 g/mol. The molecule has 1 N–H and O–H groups in total. The van der Waals surface area contributed by atoms with Gasteiger partial charge in [-0.05, 0) is 29.0 Å². The summed E-state index contributed by atoms with van der Waals surface area (Å²) >= 11 is 0. The summed E-state index contributed by atoms with van der Waals surface area (Å²) in [6.45, 7) is 0. The zero-order valence-corrected chi connectivity index (χ0v) is 11.5. The SMILES string of the molecule is C(=Nc1ccccc1)c1c[nH]c2ccc3ccccc3c12.